The summed E-state index contributed by atoms with van der Waals surface area (Å²) in [6.45, 7) is 5.86. The topological polar surface area (TPSA) is 96.5 Å². The van der Waals surface area contributed by atoms with Gasteiger partial charge in [0.05, 0.1) is 22.6 Å². The fraction of sp³-hybridized carbons (Fsp3) is 0.211. The number of thioether (sulfide) groups is 1. The Morgan fingerprint density at radius 2 is 2.04 bits per heavy atom. The Morgan fingerprint density at radius 3 is 2.78 bits per heavy atom. The lowest BCUT2D eigenvalue weighted by molar-refractivity contribution is -0.115. The van der Waals surface area contributed by atoms with Crippen molar-refractivity contribution < 1.29 is 4.79 Å². The summed E-state index contributed by atoms with van der Waals surface area (Å²) in [6.07, 6.45) is 0. The van der Waals surface area contributed by atoms with Gasteiger partial charge >= 0.3 is 0 Å². The number of benzene rings is 2. The van der Waals surface area contributed by atoms with Gasteiger partial charge in [0.1, 0.15) is 0 Å². The molecule has 1 atom stereocenters. The van der Waals surface area contributed by atoms with Crippen molar-refractivity contribution >= 4 is 23.4 Å². The summed E-state index contributed by atoms with van der Waals surface area (Å²) >= 11 is 1.27. The number of aryl methyl sites for hydroxylation is 2. The summed E-state index contributed by atoms with van der Waals surface area (Å²) in [7, 11) is 0. The van der Waals surface area contributed by atoms with Gasteiger partial charge in [-0.3, -0.25) is 4.79 Å². The van der Waals surface area contributed by atoms with E-state index in [2.05, 4.69) is 26.9 Å². The zero-order valence-corrected chi connectivity index (χ0v) is 16.0. The number of carbonyl (C=O) groups excluding carboxylic acids is 1. The molecule has 3 rings (SSSR count). The summed E-state index contributed by atoms with van der Waals surface area (Å²) in [5.74, 6) is -0.190. The third kappa shape index (κ3) is 4.33. The quantitative estimate of drug-likeness (QED) is 0.685. The van der Waals surface area contributed by atoms with Crippen LogP contribution in [0.5, 0.6) is 0 Å². The van der Waals surface area contributed by atoms with Crippen molar-refractivity contribution in [1.82, 2.24) is 20.2 Å². The molecule has 0 aliphatic carbocycles. The van der Waals surface area contributed by atoms with Crippen molar-refractivity contribution in [2.24, 2.45) is 0 Å². The number of nitriles is 1. The number of hydrogen-bond acceptors (Lipinski definition) is 6. The van der Waals surface area contributed by atoms with Gasteiger partial charge in [-0.25, -0.2) is 0 Å². The van der Waals surface area contributed by atoms with Crippen LogP contribution in [-0.2, 0) is 4.79 Å². The lowest BCUT2D eigenvalue weighted by atomic mass is 10.1. The first-order chi connectivity index (χ1) is 13.0. The van der Waals surface area contributed by atoms with E-state index in [0.29, 0.717) is 16.4 Å². The molecule has 0 fully saturated rings. The van der Waals surface area contributed by atoms with Gasteiger partial charge in [0.25, 0.3) is 0 Å². The van der Waals surface area contributed by atoms with Gasteiger partial charge in [-0.15, -0.1) is 5.10 Å². The number of hydrogen-bond donors (Lipinski definition) is 1. The molecule has 0 radical (unpaired) electrons. The maximum absolute atomic E-state index is 12.5. The van der Waals surface area contributed by atoms with Crippen LogP contribution in [0.3, 0.4) is 0 Å². The Kier molecular flexibility index (Phi) is 5.52. The molecule has 1 heterocycles. The second kappa shape index (κ2) is 8.01. The first-order valence-electron chi connectivity index (χ1n) is 8.31. The van der Waals surface area contributed by atoms with Crippen LogP contribution in [0.4, 0.5) is 5.69 Å². The molecule has 0 aliphatic rings. The number of aromatic nitrogens is 4. The Hall–Kier alpha value is -3.18. The van der Waals surface area contributed by atoms with E-state index >= 15 is 0 Å². The minimum Gasteiger partial charge on any atom is -0.325 e. The fourth-order valence-electron chi connectivity index (χ4n) is 2.39. The summed E-state index contributed by atoms with van der Waals surface area (Å²) in [6, 6.07) is 14.8. The Bertz CT molecular complexity index is 1020. The highest BCUT2D eigenvalue weighted by Crippen LogP contribution is 2.25. The van der Waals surface area contributed by atoms with Gasteiger partial charge in [-0.05, 0) is 72.7 Å². The van der Waals surface area contributed by atoms with Crippen molar-refractivity contribution in [3.05, 3.63) is 59.2 Å². The summed E-state index contributed by atoms with van der Waals surface area (Å²) in [5.41, 5.74) is 4.25. The first-order valence-corrected chi connectivity index (χ1v) is 9.19. The van der Waals surface area contributed by atoms with Crippen LogP contribution in [0.1, 0.15) is 23.6 Å². The second-order valence-electron chi connectivity index (χ2n) is 6.08. The van der Waals surface area contributed by atoms with Crippen molar-refractivity contribution in [3.63, 3.8) is 0 Å². The summed E-state index contributed by atoms with van der Waals surface area (Å²) in [5, 5.41) is 23.7. The van der Waals surface area contributed by atoms with Gasteiger partial charge in [0.15, 0.2) is 0 Å². The average Bonchev–Trinajstić information content (AvgIpc) is 3.12. The third-order valence-corrected chi connectivity index (χ3v) is 5.12. The largest absolute Gasteiger partial charge is 0.325 e. The van der Waals surface area contributed by atoms with E-state index in [-0.39, 0.29) is 5.91 Å². The van der Waals surface area contributed by atoms with E-state index < -0.39 is 5.25 Å². The molecule has 3 aromatic rings. The molecule has 1 N–H and O–H groups in total. The van der Waals surface area contributed by atoms with Crippen molar-refractivity contribution in [2.75, 3.05) is 5.32 Å². The van der Waals surface area contributed by atoms with Crippen LogP contribution in [0.15, 0.2) is 47.6 Å². The van der Waals surface area contributed by atoms with E-state index in [9.17, 15) is 4.79 Å². The second-order valence-corrected chi connectivity index (χ2v) is 7.39. The normalized spacial score (nSPS) is 11.6. The fourth-order valence-corrected chi connectivity index (χ4v) is 3.20. The molecule has 7 nitrogen and oxygen atoms in total. The summed E-state index contributed by atoms with van der Waals surface area (Å²) in [4.78, 5) is 12.5. The number of anilines is 1. The number of rotatable bonds is 5. The molecule has 0 unspecified atom stereocenters. The van der Waals surface area contributed by atoms with Crippen LogP contribution in [0, 0.1) is 25.2 Å². The molecule has 2 aromatic carbocycles. The van der Waals surface area contributed by atoms with Crippen LogP contribution < -0.4 is 5.32 Å². The average molecular weight is 378 g/mol. The van der Waals surface area contributed by atoms with E-state index in [0.717, 1.165) is 11.3 Å². The highest BCUT2D eigenvalue weighted by molar-refractivity contribution is 8.00. The lowest BCUT2D eigenvalue weighted by Gasteiger charge is -2.12. The van der Waals surface area contributed by atoms with E-state index in [1.54, 1.807) is 35.9 Å². The Labute approximate surface area is 161 Å². The third-order valence-electron chi connectivity index (χ3n) is 4.09. The standard InChI is InChI=1S/C19H18N6OS/c1-12-7-8-17(9-13(12)2)25-19(22-23-24-25)27-14(3)18(26)21-16-6-4-5-15(10-16)11-20/h4-10,14H,1-3H3,(H,21,26)/t14-/m0/s1. The van der Waals surface area contributed by atoms with Gasteiger partial charge in [0, 0.05) is 5.69 Å². The van der Waals surface area contributed by atoms with Crippen LogP contribution in [0.2, 0.25) is 0 Å². The van der Waals surface area contributed by atoms with Crippen molar-refractivity contribution in [2.45, 2.75) is 31.2 Å². The van der Waals surface area contributed by atoms with Crippen LogP contribution in [0.25, 0.3) is 5.69 Å². The summed E-state index contributed by atoms with van der Waals surface area (Å²) < 4.78 is 1.62. The zero-order chi connectivity index (χ0) is 19.4. The van der Waals surface area contributed by atoms with E-state index in [1.807, 2.05) is 32.0 Å². The molecule has 136 valence electrons. The highest BCUT2D eigenvalue weighted by atomic mass is 32.2. The van der Waals surface area contributed by atoms with Crippen molar-refractivity contribution in [3.8, 4) is 11.8 Å². The molecule has 0 bridgehead atoms. The first kappa shape index (κ1) is 18.6. The van der Waals surface area contributed by atoms with Gasteiger partial charge in [-0.2, -0.15) is 9.94 Å². The molecule has 0 spiro atoms. The molecule has 0 saturated heterocycles. The molecular weight excluding hydrogens is 360 g/mol. The molecule has 8 heteroatoms. The number of nitrogens with one attached hydrogen (secondary N) is 1. The maximum Gasteiger partial charge on any atom is 0.237 e. The molecule has 0 saturated carbocycles. The molecule has 0 aliphatic heterocycles. The SMILES string of the molecule is Cc1ccc(-n2nnnc2S[C@@H](C)C(=O)Nc2cccc(C#N)c2)cc1C. The number of amides is 1. The Balaban J connectivity index is 1.73. The highest BCUT2D eigenvalue weighted by Gasteiger charge is 2.19. The molecular formula is C19H18N6OS. The zero-order valence-electron chi connectivity index (χ0n) is 15.2. The predicted octanol–water partition coefficient (Wildman–Crippen LogP) is 3.27. The van der Waals surface area contributed by atoms with Crippen LogP contribution in [-0.4, -0.2) is 31.4 Å². The van der Waals surface area contributed by atoms with Gasteiger partial charge in [-0.1, -0.05) is 23.9 Å². The number of nitrogens with zero attached hydrogens (tertiary/aromatic N) is 5. The van der Waals surface area contributed by atoms with Crippen molar-refractivity contribution in [1.29, 1.82) is 5.26 Å². The molecule has 1 aromatic heterocycles. The van der Waals surface area contributed by atoms with Gasteiger partial charge in [0.2, 0.25) is 11.1 Å². The van der Waals surface area contributed by atoms with Crippen LogP contribution >= 0.6 is 11.8 Å². The number of carbonyl (C=O) groups is 1. The minimum atomic E-state index is -0.424. The lowest BCUT2D eigenvalue weighted by Crippen LogP contribution is -2.23. The molecule has 27 heavy (non-hydrogen) atoms. The smallest absolute Gasteiger partial charge is 0.237 e. The molecule has 1 amide bonds. The van der Waals surface area contributed by atoms with E-state index in [4.69, 9.17) is 5.26 Å². The number of tetrazole rings is 1. The monoisotopic (exact) mass is 378 g/mol. The Morgan fingerprint density at radius 1 is 1.22 bits per heavy atom. The van der Waals surface area contributed by atoms with E-state index in [1.165, 1.54) is 17.3 Å². The van der Waals surface area contributed by atoms with Gasteiger partial charge < -0.3 is 5.32 Å². The maximum atomic E-state index is 12.5. The predicted molar refractivity (Wildman–Crippen MR) is 104 cm³/mol. The minimum absolute atomic E-state index is 0.190.